The normalized spacial score (nSPS) is 9.12. The van der Waals surface area contributed by atoms with E-state index in [9.17, 15) is 0 Å². The van der Waals surface area contributed by atoms with Crippen LogP contribution in [0.5, 0.6) is 5.75 Å². The molecular formula is C6H5OSn. The van der Waals surface area contributed by atoms with E-state index in [0.29, 0.717) is 5.75 Å². The molecule has 1 N–H and O–H groups in total. The van der Waals surface area contributed by atoms with E-state index in [1.54, 1.807) is 12.1 Å². The van der Waals surface area contributed by atoms with Crippen LogP contribution < -0.4 is 3.58 Å². The second-order valence-corrected chi connectivity index (χ2v) is 3.20. The predicted molar refractivity (Wildman–Crippen MR) is 33.5 cm³/mol. The van der Waals surface area contributed by atoms with Crippen LogP contribution in [-0.2, 0) is 0 Å². The molecule has 0 aliphatic rings. The van der Waals surface area contributed by atoms with Gasteiger partial charge in [-0.05, 0) is 0 Å². The summed E-state index contributed by atoms with van der Waals surface area (Å²) in [5.41, 5.74) is 0. The average Bonchev–Trinajstić information content (AvgIpc) is 1.64. The number of phenolic OH excluding ortho intramolecular Hbond substituents is 1. The van der Waals surface area contributed by atoms with E-state index in [2.05, 4.69) is 0 Å². The van der Waals surface area contributed by atoms with Crippen LogP contribution in [-0.4, -0.2) is 27.6 Å². The van der Waals surface area contributed by atoms with Gasteiger partial charge in [-0.1, -0.05) is 0 Å². The van der Waals surface area contributed by atoms with Gasteiger partial charge in [0.25, 0.3) is 0 Å². The summed E-state index contributed by atoms with van der Waals surface area (Å²) < 4.78 is 1.18. The summed E-state index contributed by atoms with van der Waals surface area (Å²) in [4.78, 5) is 0. The molecule has 0 aromatic heterocycles. The third kappa shape index (κ3) is 1.40. The van der Waals surface area contributed by atoms with Crippen molar-refractivity contribution in [3.63, 3.8) is 0 Å². The maximum absolute atomic E-state index is 8.83. The summed E-state index contributed by atoms with van der Waals surface area (Å²) in [6.45, 7) is 0. The summed E-state index contributed by atoms with van der Waals surface area (Å²) in [6, 6.07) is 7.27. The van der Waals surface area contributed by atoms with E-state index in [1.807, 2.05) is 12.1 Å². The molecule has 0 aliphatic carbocycles. The second kappa shape index (κ2) is 2.39. The average molecular weight is 212 g/mol. The third-order valence-electron chi connectivity index (χ3n) is 0.846. The van der Waals surface area contributed by atoms with Crippen molar-refractivity contribution in [2.24, 2.45) is 0 Å². The summed E-state index contributed by atoms with van der Waals surface area (Å²) >= 11 is 1.34. The molecule has 1 nitrogen and oxygen atoms in total. The van der Waals surface area contributed by atoms with Crippen molar-refractivity contribution in [3.05, 3.63) is 24.3 Å². The summed E-state index contributed by atoms with van der Waals surface area (Å²) in [7, 11) is 0. The molecule has 3 radical (unpaired) electrons. The first kappa shape index (κ1) is 5.95. The molecule has 0 bridgehead atoms. The molecule has 0 heterocycles. The SMILES string of the molecule is Oc1ccc[c]([Sn])c1. The molecule has 0 aliphatic heterocycles. The van der Waals surface area contributed by atoms with E-state index >= 15 is 0 Å². The zero-order chi connectivity index (χ0) is 5.98. The Balaban J connectivity index is 3.08. The molecular weight excluding hydrogens is 207 g/mol. The van der Waals surface area contributed by atoms with Gasteiger partial charge in [0, 0.05) is 0 Å². The third-order valence-corrected chi connectivity index (χ3v) is 1.73. The Bertz CT molecular complexity index is 168. The van der Waals surface area contributed by atoms with Gasteiger partial charge in [-0.2, -0.15) is 0 Å². The van der Waals surface area contributed by atoms with Crippen LogP contribution in [0.3, 0.4) is 0 Å². The molecule has 1 rings (SSSR count). The van der Waals surface area contributed by atoms with Gasteiger partial charge >= 0.3 is 61.2 Å². The molecule has 8 heavy (non-hydrogen) atoms. The molecule has 0 fully saturated rings. The van der Waals surface area contributed by atoms with Crippen molar-refractivity contribution in [2.45, 2.75) is 0 Å². The molecule has 39 valence electrons. The first-order valence-electron chi connectivity index (χ1n) is 2.29. The molecule has 0 amide bonds. The molecule has 1 aromatic rings. The number of benzene rings is 1. The molecule has 0 spiro atoms. The van der Waals surface area contributed by atoms with Crippen LogP contribution in [0.15, 0.2) is 24.3 Å². The van der Waals surface area contributed by atoms with Gasteiger partial charge < -0.3 is 0 Å². The van der Waals surface area contributed by atoms with Gasteiger partial charge in [0.15, 0.2) is 0 Å². The quantitative estimate of drug-likeness (QED) is 0.608. The van der Waals surface area contributed by atoms with Gasteiger partial charge in [-0.25, -0.2) is 0 Å². The van der Waals surface area contributed by atoms with E-state index in [-0.39, 0.29) is 0 Å². The van der Waals surface area contributed by atoms with Crippen LogP contribution in [0.25, 0.3) is 0 Å². The Morgan fingerprint density at radius 1 is 1.38 bits per heavy atom. The fraction of sp³-hybridized carbons (Fsp3) is 0. The molecule has 0 unspecified atom stereocenters. The minimum atomic E-state index is 0.360. The van der Waals surface area contributed by atoms with Gasteiger partial charge in [0.05, 0.1) is 0 Å². The summed E-state index contributed by atoms with van der Waals surface area (Å²) in [5, 5.41) is 8.83. The molecule has 0 saturated heterocycles. The molecule has 0 atom stereocenters. The van der Waals surface area contributed by atoms with Crippen LogP contribution in [0.4, 0.5) is 0 Å². The molecule has 1 aromatic carbocycles. The van der Waals surface area contributed by atoms with Crippen LogP contribution in [0, 0.1) is 0 Å². The fourth-order valence-electron chi connectivity index (χ4n) is 0.506. The zero-order valence-corrected chi connectivity index (χ0v) is 7.11. The van der Waals surface area contributed by atoms with E-state index in [0.717, 1.165) is 0 Å². The number of phenols is 1. The monoisotopic (exact) mass is 213 g/mol. The van der Waals surface area contributed by atoms with Crippen molar-refractivity contribution in [3.8, 4) is 5.75 Å². The van der Waals surface area contributed by atoms with Crippen molar-refractivity contribution in [1.82, 2.24) is 0 Å². The zero-order valence-electron chi connectivity index (χ0n) is 4.26. The fourth-order valence-corrected chi connectivity index (χ4v) is 1.20. The van der Waals surface area contributed by atoms with E-state index in [4.69, 9.17) is 5.11 Å². The predicted octanol–water partition coefficient (Wildman–Crippen LogP) is 0.186. The maximum atomic E-state index is 8.83. The van der Waals surface area contributed by atoms with Crippen molar-refractivity contribution in [1.29, 1.82) is 0 Å². The van der Waals surface area contributed by atoms with Crippen LogP contribution in [0.2, 0.25) is 0 Å². The molecule has 2 heteroatoms. The van der Waals surface area contributed by atoms with E-state index in [1.165, 1.54) is 26.1 Å². The van der Waals surface area contributed by atoms with Gasteiger partial charge in [-0.3, -0.25) is 0 Å². The van der Waals surface area contributed by atoms with E-state index < -0.39 is 0 Å². The van der Waals surface area contributed by atoms with Gasteiger partial charge in [0.1, 0.15) is 0 Å². The van der Waals surface area contributed by atoms with Gasteiger partial charge in [-0.15, -0.1) is 0 Å². The Kier molecular flexibility index (Phi) is 1.78. The number of hydrogen-bond acceptors (Lipinski definition) is 1. The minimum absolute atomic E-state index is 0.360. The number of hydrogen-bond donors (Lipinski definition) is 1. The Morgan fingerprint density at radius 3 is 2.50 bits per heavy atom. The van der Waals surface area contributed by atoms with Crippen LogP contribution >= 0.6 is 0 Å². The Morgan fingerprint density at radius 2 is 2.12 bits per heavy atom. The van der Waals surface area contributed by atoms with Crippen LogP contribution in [0.1, 0.15) is 0 Å². The number of aromatic hydroxyl groups is 1. The summed E-state index contributed by atoms with van der Waals surface area (Å²) in [5.74, 6) is 0.360. The Labute approximate surface area is 61.4 Å². The van der Waals surface area contributed by atoms with Crippen molar-refractivity contribution >= 4 is 26.1 Å². The standard InChI is InChI=1S/C6H5O.Sn/c7-6-4-2-1-3-5-6;/h1-2,4-5,7H;. The molecule has 0 saturated carbocycles. The summed E-state index contributed by atoms with van der Waals surface area (Å²) in [6.07, 6.45) is 0. The first-order valence-corrected chi connectivity index (χ1v) is 3.72. The number of rotatable bonds is 0. The first-order chi connectivity index (χ1) is 3.79. The van der Waals surface area contributed by atoms with Crippen molar-refractivity contribution < 1.29 is 5.11 Å². The Hall–Kier alpha value is -0.181. The second-order valence-electron chi connectivity index (χ2n) is 1.55. The van der Waals surface area contributed by atoms with Gasteiger partial charge in [0.2, 0.25) is 0 Å². The van der Waals surface area contributed by atoms with Crippen molar-refractivity contribution in [2.75, 3.05) is 0 Å². The topological polar surface area (TPSA) is 20.2 Å².